The Morgan fingerprint density at radius 2 is 1.88 bits per heavy atom. The summed E-state index contributed by atoms with van der Waals surface area (Å²) in [5, 5.41) is 20.2. The van der Waals surface area contributed by atoms with Gasteiger partial charge in [-0.1, -0.05) is 0 Å². The maximum atomic E-state index is 12.7. The molecule has 1 saturated carbocycles. The van der Waals surface area contributed by atoms with Crippen LogP contribution in [0, 0.1) is 21.4 Å². The molecule has 1 spiro atoms. The molecule has 3 rings (SSSR count). The zero-order valence-corrected chi connectivity index (χ0v) is 13.5. The van der Waals surface area contributed by atoms with Gasteiger partial charge >= 0.3 is 12.1 Å². The van der Waals surface area contributed by atoms with Crippen LogP contribution in [0.15, 0.2) is 18.2 Å². The van der Waals surface area contributed by atoms with Crippen LogP contribution >= 0.6 is 0 Å². The lowest BCUT2D eigenvalue weighted by molar-refractivity contribution is -0.385. The van der Waals surface area contributed by atoms with Crippen molar-refractivity contribution in [2.24, 2.45) is 11.3 Å². The molecule has 1 unspecified atom stereocenters. The third kappa shape index (κ3) is 3.11. The number of piperidine rings is 1. The molecule has 0 bridgehead atoms. The molecule has 2 aliphatic rings. The molecule has 1 N–H and O–H groups in total. The Labute approximate surface area is 145 Å². The van der Waals surface area contributed by atoms with Crippen molar-refractivity contribution in [3.05, 3.63) is 39.4 Å². The Kier molecular flexibility index (Phi) is 4.16. The molecule has 1 saturated heterocycles. The van der Waals surface area contributed by atoms with E-state index in [0.717, 1.165) is 6.07 Å². The number of carbonyl (C=O) groups excluding carboxylic acids is 1. The first kappa shape index (κ1) is 18.2. The predicted molar refractivity (Wildman–Crippen MR) is 81.4 cm³/mol. The van der Waals surface area contributed by atoms with Gasteiger partial charge in [0.15, 0.2) is 0 Å². The lowest BCUT2D eigenvalue weighted by Crippen LogP contribution is -2.40. The molecule has 1 aromatic carbocycles. The number of amides is 1. The van der Waals surface area contributed by atoms with Crippen LogP contribution in [0.4, 0.5) is 18.9 Å². The maximum absolute atomic E-state index is 12.7. The van der Waals surface area contributed by atoms with Crippen LogP contribution in [0.2, 0.25) is 0 Å². The van der Waals surface area contributed by atoms with Gasteiger partial charge in [-0.3, -0.25) is 19.7 Å². The molecular weight excluding hydrogens is 357 g/mol. The summed E-state index contributed by atoms with van der Waals surface area (Å²) in [7, 11) is 0. The van der Waals surface area contributed by atoms with E-state index in [4.69, 9.17) is 5.11 Å². The molecule has 140 valence electrons. The van der Waals surface area contributed by atoms with Crippen LogP contribution in [0.5, 0.6) is 0 Å². The highest BCUT2D eigenvalue weighted by molar-refractivity contribution is 5.98. The molecule has 1 aliphatic heterocycles. The molecule has 1 aromatic rings. The fourth-order valence-corrected chi connectivity index (χ4v) is 3.61. The zero-order chi connectivity index (χ0) is 19.3. The summed E-state index contributed by atoms with van der Waals surface area (Å²) in [4.78, 5) is 35.1. The number of alkyl halides is 3. The second-order valence-electron chi connectivity index (χ2n) is 6.74. The molecule has 0 radical (unpaired) electrons. The van der Waals surface area contributed by atoms with Crippen LogP contribution in [-0.2, 0) is 11.0 Å². The molecule has 2 fully saturated rings. The van der Waals surface area contributed by atoms with Gasteiger partial charge in [-0.15, -0.1) is 0 Å². The van der Waals surface area contributed by atoms with Gasteiger partial charge < -0.3 is 10.0 Å². The van der Waals surface area contributed by atoms with Gasteiger partial charge in [-0.2, -0.15) is 13.2 Å². The van der Waals surface area contributed by atoms with E-state index in [1.807, 2.05) is 0 Å². The minimum Gasteiger partial charge on any atom is -0.481 e. The molecule has 1 atom stereocenters. The van der Waals surface area contributed by atoms with Gasteiger partial charge in [0.05, 0.1) is 16.4 Å². The molecule has 7 nitrogen and oxygen atoms in total. The lowest BCUT2D eigenvalue weighted by Gasteiger charge is -2.32. The molecule has 1 heterocycles. The number of rotatable bonds is 3. The number of benzene rings is 1. The van der Waals surface area contributed by atoms with Gasteiger partial charge in [-0.05, 0) is 36.8 Å². The van der Waals surface area contributed by atoms with Crippen molar-refractivity contribution in [1.29, 1.82) is 0 Å². The second-order valence-corrected chi connectivity index (χ2v) is 6.74. The topological polar surface area (TPSA) is 101 Å². The van der Waals surface area contributed by atoms with Gasteiger partial charge in [0.25, 0.3) is 11.6 Å². The number of nitro groups is 1. The first-order valence-corrected chi connectivity index (χ1v) is 7.93. The van der Waals surface area contributed by atoms with Gasteiger partial charge in [0.1, 0.15) is 5.56 Å². The summed E-state index contributed by atoms with van der Waals surface area (Å²) in [5.74, 6) is -2.02. The number of likely N-dealkylation sites (tertiary alicyclic amines) is 1. The number of hydrogen-bond acceptors (Lipinski definition) is 4. The lowest BCUT2D eigenvalue weighted by atomic mass is 9.90. The Morgan fingerprint density at radius 3 is 2.35 bits per heavy atom. The van der Waals surface area contributed by atoms with E-state index in [-0.39, 0.29) is 18.5 Å². The quantitative estimate of drug-likeness (QED) is 0.649. The van der Waals surface area contributed by atoms with Crippen molar-refractivity contribution in [3.63, 3.8) is 0 Å². The van der Waals surface area contributed by atoms with Crippen LogP contribution in [0.25, 0.3) is 0 Å². The standard InChI is InChI=1S/C16H15F3N2O5/c17-16(18,19)9-1-2-10(12(7-9)21(25)26)13(22)20-5-3-15(4-6-20)8-11(15)14(23)24/h1-2,7,11H,3-6,8H2,(H,23,24). The van der Waals surface area contributed by atoms with Crippen LogP contribution in [0.3, 0.4) is 0 Å². The fourth-order valence-electron chi connectivity index (χ4n) is 3.61. The average molecular weight is 372 g/mol. The second kappa shape index (κ2) is 5.96. The molecule has 10 heteroatoms. The Bertz CT molecular complexity index is 785. The maximum Gasteiger partial charge on any atom is 0.416 e. The summed E-state index contributed by atoms with van der Waals surface area (Å²) in [5.41, 5.74) is -2.81. The summed E-state index contributed by atoms with van der Waals surface area (Å²) >= 11 is 0. The number of carbonyl (C=O) groups is 2. The normalized spacial score (nSPS) is 21.5. The largest absolute Gasteiger partial charge is 0.481 e. The summed E-state index contributed by atoms with van der Waals surface area (Å²) in [6, 6.07) is 1.83. The average Bonchev–Trinajstić information content (AvgIpc) is 3.27. The molecule has 1 amide bonds. The van der Waals surface area contributed by atoms with Crippen molar-refractivity contribution in [2.45, 2.75) is 25.4 Å². The third-order valence-corrected chi connectivity index (χ3v) is 5.29. The van der Waals surface area contributed by atoms with E-state index in [2.05, 4.69) is 0 Å². The Hall–Kier alpha value is -2.65. The molecule has 1 aliphatic carbocycles. The van der Waals surface area contributed by atoms with Crippen molar-refractivity contribution in [1.82, 2.24) is 4.90 Å². The fraction of sp³-hybridized carbons (Fsp3) is 0.500. The number of halogens is 3. The van der Waals surface area contributed by atoms with E-state index in [1.54, 1.807) is 0 Å². The zero-order valence-electron chi connectivity index (χ0n) is 13.5. The highest BCUT2D eigenvalue weighted by Crippen LogP contribution is 2.59. The number of nitrogens with zero attached hydrogens (tertiary/aromatic N) is 2. The minimum absolute atomic E-state index is 0.223. The van der Waals surface area contributed by atoms with Crippen molar-refractivity contribution in [3.8, 4) is 0 Å². The summed E-state index contributed by atoms with van der Waals surface area (Å²) in [6.07, 6.45) is -3.28. The Balaban J connectivity index is 1.78. The highest BCUT2D eigenvalue weighted by Gasteiger charge is 2.59. The number of hydrogen-bond donors (Lipinski definition) is 1. The van der Waals surface area contributed by atoms with Crippen LogP contribution in [0.1, 0.15) is 35.2 Å². The van der Waals surface area contributed by atoms with E-state index in [1.165, 1.54) is 4.90 Å². The van der Waals surface area contributed by atoms with Crippen molar-refractivity contribution < 1.29 is 32.8 Å². The molecular formula is C16H15F3N2O5. The monoisotopic (exact) mass is 372 g/mol. The van der Waals surface area contributed by atoms with E-state index in [0.29, 0.717) is 31.4 Å². The van der Waals surface area contributed by atoms with Crippen molar-refractivity contribution >= 4 is 17.6 Å². The molecule has 0 aromatic heterocycles. The summed E-state index contributed by atoms with van der Waals surface area (Å²) < 4.78 is 38.2. The number of carboxylic acids is 1. The summed E-state index contributed by atoms with van der Waals surface area (Å²) in [6.45, 7) is 0.446. The first-order chi connectivity index (χ1) is 12.0. The van der Waals surface area contributed by atoms with E-state index >= 15 is 0 Å². The van der Waals surface area contributed by atoms with Gasteiger partial charge in [-0.25, -0.2) is 0 Å². The van der Waals surface area contributed by atoms with Gasteiger partial charge in [0, 0.05) is 19.2 Å². The number of carboxylic acid groups (broad SMARTS) is 1. The smallest absolute Gasteiger partial charge is 0.416 e. The first-order valence-electron chi connectivity index (χ1n) is 7.93. The predicted octanol–water partition coefficient (Wildman–Crippen LogP) is 2.94. The number of nitro benzene ring substituents is 1. The van der Waals surface area contributed by atoms with Crippen molar-refractivity contribution in [2.75, 3.05) is 13.1 Å². The van der Waals surface area contributed by atoms with Crippen LogP contribution < -0.4 is 0 Å². The third-order valence-electron chi connectivity index (χ3n) is 5.29. The number of aliphatic carboxylic acids is 1. The molecule has 26 heavy (non-hydrogen) atoms. The van der Waals surface area contributed by atoms with E-state index in [9.17, 15) is 32.9 Å². The minimum atomic E-state index is -4.75. The SMILES string of the molecule is O=C(O)C1CC12CCN(C(=O)c1ccc(C(F)(F)F)cc1[N+](=O)[O-])CC2. The van der Waals surface area contributed by atoms with Gasteiger partial charge in [0.2, 0.25) is 0 Å². The highest BCUT2D eigenvalue weighted by atomic mass is 19.4. The van der Waals surface area contributed by atoms with E-state index < -0.39 is 45.7 Å². The Morgan fingerprint density at radius 1 is 1.27 bits per heavy atom. The van der Waals surface area contributed by atoms with Crippen LogP contribution in [-0.4, -0.2) is 39.9 Å².